The van der Waals surface area contributed by atoms with Crippen molar-refractivity contribution in [3.05, 3.63) is 21.9 Å². The first-order valence-corrected chi connectivity index (χ1v) is 4.78. The fourth-order valence-corrected chi connectivity index (χ4v) is 1.67. The summed E-state index contributed by atoms with van der Waals surface area (Å²) in [5.41, 5.74) is 5.74. The van der Waals surface area contributed by atoms with Crippen LogP contribution in [0.4, 0.5) is 4.39 Å². The molecular formula is C9H11BrFNO2. The van der Waals surface area contributed by atoms with Gasteiger partial charge in [0.05, 0.1) is 17.1 Å². The van der Waals surface area contributed by atoms with E-state index < -0.39 is 11.9 Å². The number of rotatable bonds is 2. The van der Waals surface area contributed by atoms with E-state index in [1.54, 1.807) is 6.92 Å². The first-order valence-electron chi connectivity index (χ1n) is 3.99. The van der Waals surface area contributed by atoms with Crippen LogP contribution in [0.1, 0.15) is 18.5 Å². The van der Waals surface area contributed by atoms with Gasteiger partial charge in [-0.2, -0.15) is 0 Å². The van der Waals surface area contributed by atoms with Crippen LogP contribution in [0.3, 0.4) is 0 Å². The van der Waals surface area contributed by atoms with Crippen LogP contribution in [0.2, 0.25) is 0 Å². The molecule has 3 N–H and O–H groups in total. The predicted molar refractivity (Wildman–Crippen MR) is 54.9 cm³/mol. The number of benzene rings is 1. The smallest absolute Gasteiger partial charge is 0.168 e. The lowest BCUT2D eigenvalue weighted by Crippen LogP contribution is -2.10. The largest absolute Gasteiger partial charge is 0.504 e. The average molecular weight is 264 g/mol. The van der Waals surface area contributed by atoms with Crippen molar-refractivity contribution >= 4 is 15.9 Å². The van der Waals surface area contributed by atoms with Gasteiger partial charge in [-0.1, -0.05) is 0 Å². The van der Waals surface area contributed by atoms with Crippen molar-refractivity contribution in [1.29, 1.82) is 0 Å². The van der Waals surface area contributed by atoms with Gasteiger partial charge in [0, 0.05) is 12.1 Å². The molecule has 0 saturated heterocycles. The standard InChI is InChI=1S/C9H11BrFNO2/c1-4(12)7-8(11)5(10)3-6(13)9(7)14-2/h3-4,13H,12H2,1-2H3. The zero-order valence-electron chi connectivity index (χ0n) is 7.84. The summed E-state index contributed by atoms with van der Waals surface area (Å²) in [5.74, 6) is -0.552. The van der Waals surface area contributed by atoms with Crippen molar-refractivity contribution in [1.82, 2.24) is 0 Å². The van der Waals surface area contributed by atoms with Crippen molar-refractivity contribution in [3.8, 4) is 11.5 Å². The van der Waals surface area contributed by atoms with Crippen LogP contribution < -0.4 is 10.5 Å². The molecular weight excluding hydrogens is 253 g/mol. The Morgan fingerprint density at radius 3 is 2.64 bits per heavy atom. The normalized spacial score (nSPS) is 12.6. The molecule has 3 nitrogen and oxygen atoms in total. The first-order chi connectivity index (χ1) is 6.49. The Kier molecular flexibility index (Phi) is 3.34. The van der Waals surface area contributed by atoms with Crippen LogP contribution in [-0.4, -0.2) is 12.2 Å². The Bertz CT molecular complexity index is 355. The number of ether oxygens (including phenoxy) is 1. The fraction of sp³-hybridized carbons (Fsp3) is 0.333. The maximum atomic E-state index is 13.6. The molecule has 1 aromatic carbocycles. The number of halogens is 2. The molecule has 0 aliphatic heterocycles. The minimum atomic E-state index is -0.548. The minimum Gasteiger partial charge on any atom is -0.504 e. The number of hydrogen-bond acceptors (Lipinski definition) is 3. The molecule has 0 aliphatic rings. The Labute approximate surface area is 89.8 Å². The highest BCUT2D eigenvalue weighted by Crippen LogP contribution is 2.38. The molecule has 78 valence electrons. The highest BCUT2D eigenvalue weighted by Gasteiger charge is 2.20. The summed E-state index contributed by atoms with van der Waals surface area (Å²) in [5, 5.41) is 9.47. The monoisotopic (exact) mass is 263 g/mol. The van der Waals surface area contributed by atoms with E-state index in [9.17, 15) is 9.50 Å². The summed E-state index contributed by atoms with van der Waals surface area (Å²) in [6.45, 7) is 1.62. The number of methoxy groups -OCH3 is 1. The van der Waals surface area contributed by atoms with Gasteiger partial charge in [-0.3, -0.25) is 0 Å². The van der Waals surface area contributed by atoms with Crippen LogP contribution in [0.25, 0.3) is 0 Å². The van der Waals surface area contributed by atoms with E-state index in [-0.39, 0.29) is 21.5 Å². The Morgan fingerprint density at radius 2 is 2.21 bits per heavy atom. The van der Waals surface area contributed by atoms with Crippen LogP contribution >= 0.6 is 15.9 Å². The zero-order chi connectivity index (χ0) is 10.9. The molecule has 0 radical (unpaired) electrons. The second-order valence-electron chi connectivity index (χ2n) is 2.93. The predicted octanol–water partition coefficient (Wildman–Crippen LogP) is 2.32. The number of phenolic OH excluding ortho intramolecular Hbond substituents is 1. The van der Waals surface area contributed by atoms with Gasteiger partial charge in [0.1, 0.15) is 5.82 Å². The van der Waals surface area contributed by atoms with Gasteiger partial charge in [-0.05, 0) is 22.9 Å². The second-order valence-corrected chi connectivity index (χ2v) is 3.78. The fourth-order valence-electron chi connectivity index (χ4n) is 1.24. The number of nitrogens with two attached hydrogens (primary N) is 1. The molecule has 0 saturated carbocycles. The molecule has 0 aromatic heterocycles. The number of aromatic hydroxyl groups is 1. The maximum absolute atomic E-state index is 13.6. The summed E-state index contributed by atoms with van der Waals surface area (Å²) in [7, 11) is 1.36. The van der Waals surface area contributed by atoms with E-state index in [4.69, 9.17) is 10.5 Å². The van der Waals surface area contributed by atoms with Gasteiger partial charge in [0.2, 0.25) is 0 Å². The summed E-state index contributed by atoms with van der Waals surface area (Å²) in [4.78, 5) is 0. The second kappa shape index (κ2) is 4.14. The van der Waals surface area contributed by atoms with E-state index >= 15 is 0 Å². The van der Waals surface area contributed by atoms with Crippen LogP contribution in [-0.2, 0) is 0 Å². The van der Waals surface area contributed by atoms with Crippen LogP contribution in [0.15, 0.2) is 10.5 Å². The van der Waals surface area contributed by atoms with E-state index in [2.05, 4.69) is 15.9 Å². The molecule has 0 aliphatic carbocycles. The topological polar surface area (TPSA) is 55.5 Å². The summed E-state index contributed by atoms with van der Waals surface area (Å²) >= 11 is 2.98. The van der Waals surface area contributed by atoms with Gasteiger partial charge in [0.25, 0.3) is 0 Å². The van der Waals surface area contributed by atoms with Crippen molar-refractivity contribution < 1.29 is 14.2 Å². The zero-order valence-corrected chi connectivity index (χ0v) is 9.43. The van der Waals surface area contributed by atoms with Crippen molar-refractivity contribution in [2.24, 2.45) is 5.73 Å². The summed E-state index contributed by atoms with van der Waals surface area (Å²) < 4.78 is 18.6. The third-order valence-corrected chi connectivity index (χ3v) is 2.42. The van der Waals surface area contributed by atoms with E-state index in [1.807, 2.05) is 0 Å². The lowest BCUT2D eigenvalue weighted by Gasteiger charge is -2.15. The first kappa shape index (κ1) is 11.3. The summed E-state index contributed by atoms with van der Waals surface area (Å²) in [6.07, 6.45) is 0. The molecule has 1 unspecified atom stereocenters. The number of phenols is 1. The van der Waals surface area contributed by atoms with Crippen molar-refractivity contribution in [3.63, 3.8) is 0 Å². The highest BCUT2D eigenvalue weighted by atomic mass is 79.9. The van der Waals surface area contributed by atoms with Gasteiger partial charge in [-0.25, -0.2) is 4.39 Å². The molecule has 5 heteroatoms. The molecule has 0 fully saturated rings. The van der Waals surface area contributed by atoms with Gasteiger partial charge in [-0.15, -0.1) is 0 Å². The molecule has 0 amide bonds. The van der Waals surface area contributed by atoms with Crippen LogP contribution in [0, 0.1) is 5.82 Å². The average Bonchev–Trinajstić information content (AvgIpc) is 2.10. The lowest BCUT2D eigenvalue weighted by molar-refractivity contribution is 0.361. The van der Waals surface area contributed by atoms with Gasteiger partial charge in [0.15, 0.2) is 11.5 Å². The molecule has 1 rings (SSSR count). The SMILES string of the molecule is COc1c(O)cc(Br)c(F)c1C(C)N. The Balaban J connectivity index is 3.48. The molecule has 0 bridgehead atoms. The Morgan fingerprint density at radius 1 is 1.64 bits per heavy atom. The molecule has 14 heavy (non-hydrogen) atoms. The lowest BCUT2D eigenvalue weighted by atomic mass is 10.1. The van der Waals surface area contributed by atoms with Crippen molar-refractivity contribution in [2.75, 3.05) is 7.11 Å². The van der Waals surface area contributed by atoms with Crippen LogP contribution in [0.5, 0.6) is 11.5 Å². The van der Waals surface area contributed by atoms with E-state index in [0.29, 0.717) is 0 Å². The number of hydrogen-bond donors (Lipinski definition) is 2. The molecule has 0 spiro atoms. The molecule has 1 atom stereocenters. The Hall–Kier alpha value is -0.810. The maximum Gasteiger partial charge on any atom is 0.168 e. The quantitative estimate of drug-likeness (QED) is 0.861. The van der Waals surface area contributed by atoms with Gasteiger partial charge < -0.3 is 15.6 Å². The van der Waals surface area contributed by atoms with E-state index in [1.165, 1.54) is 13.2 Å². The van der Waals surface area contributed by atoms with E-state index in [0.717, 1.165) is 0 Å². The van der Waals surface area contributed by atoms with Crippen molar-refractivity contribution in [2.45, 2.75) is 13.0 Å². The summed E-state index contributed by atoms with van der Waals surface area (Å²) in [6, 6.07) is 0.688. The third kappa shape index (κ3) is 1.83. The van der Waals surface area contributed by atoms with Gasteiger partial charge >= 0.3 is 0 Å². The molecule has 1 aromatic rings. The molecule has 0 heterocycles. The highest BCUT2D eigenvalue weighted by molar-refractivity contribution is 9.10. The minimum absolute atomic E-state index is 0.0840. The third-order valence-electron chi connectivity index (χ3n) is 1.85.